The molecule has 1 amide bonds. The van der Waals surface area contributed by atoms with E-state index in [1.807, 2.05) is 11.8 Å². The average Bonchev–Trinajstić information content (AvgIpc) is 3.21. The van der Waals surface area contributed by atoms with Crippen LogP contribution in [0.2, 0.25) is 10.0 Å². The molecule has 162 valence electrons. The van der Waals surface area contributed by atoms with E-state index >= 15 is 0 Å². The molecule has 0 unspecified atom stereocenters. The predicted molar refractivity (Wildman–Crippen MR) is 121 cm³/mol. The lowest BCUT2D eigenvalue weighted by Crippen LogP contribution is -2.46. The van der Waals surface area contributed by atoms with Gasteiger partial charge in [0.25, 0.3) is 0 Å². The van der Waals surface area contributed by atoms with E-state index in [9.17, 15) is 13.2 Å². The molecule has 1 saturated heterocycles. The lowest BCUT2D eigenvalue weighted by Gasteiger charge is -2.31. The molecule has 1 saturated carbocycles. The molecular formula is C20H28Cl2N2O3S2. The highest BCUT2D eigenvalue weighted by atomic mass is 35.5. The molecule has 1 aliphatic carbocycles. The van der Waals surface area contributed by atoms with Gasteiger partial charge in [-0.15, -0.1) is 0 Å². The van der Waals surface area contributed by atoms with Crippen LogP contribution < -0.4 is 5.32 Å². The van der Waals surface area contributed by atoms with Crippen molar-refractivity contribution in [3.63, 3.8) is 0 Å². The molecule has 0 radical (unpaired) electrons. The summed E-state index contributed by atoms with van der Waals surface area (Å²) in [6.07, 6.45) is 6.62. The standard InChI is InChI=1S/C20H28Cl2N2O3S2/c21-18-8-7-15(12-19(18)22)14-29(26,27)24-10-3-4-16(13-24)20(25)23-9-11-28-17-5-1-2-6-17/h7-8,12,16-17H,1-6,9-11,13-14H2,(H,23,25)/t16-/m0/s1. The first-order valence-electron chi connectivity index (χ1n) is 10.2. The first-order chi connectivity index (χ1) is 13.8. The Morgan fingerprint density at radius 3 is 2.62 bits per heavy atom. The zero-order chi connectivity index (χ0) is 20.9. The van der Waals surface area contributed by atoms with E-state index in [1.165, 1.54) is 30.0 Å². The third kappa shape index (κ3) is 6.76. The maximum absolute atomic E-state index is 12.8. The summed E-state index contributed by atoms with van der Waals surface area (Å²) in [5, 5.41) is 4.47. The summed E-state index contributed by atoms with van der Waals surface area (Å²) in [6.45, 7) is 1.34. The Hall–Kier alpha value is -0.470. The molecule has 1 aliphatic heterocycles. The van der Waals surface area contributed by atoms with E-state index in [2.05, 4.69) is 5.32 Å². The number of carbonyl (C=O) groups excluding carboxylic acids is 1. The molecule has 1 aromatic carbocycles. The largest absolute Gasteiger partial charge is 0.355 e. The minimum atomic E-state index is -3.52. The Balaban J connectivity index is 1.49. The summed E-state index contributed by atoms with van der Waals surface area (Å²) < 4.78 is 27.1. The summed E-state index contributed by atoms with van der Waals surface area (Å²) in [5.74, 6) is 0.453. The van der Waals surface area contributed by atoms with Gasteiger partial charge in [0.05, 0.1) is 21.7 Å². The molecule has 2 aliphatic rings. The second-order valence-corrected chi connectivity index (χ2v) is 12.0. The minimum Gasteiger partial charge on any atom is -0.355 e. The molecule has 0 bridgehead atoms. The van der Waals surface area contributed by atoms with Gasteiger partial charge in [-0.1, -0.05) is 42.1 Å². The highest BCUT2D eigenvalue weighted by Crippen LogP contribution is 2.29. The zero-order valence-corrected chi connectivity index (χ0v) is 19.6. The monoisotopic (exact) mass is 478 g/mol. The predicted octanol–water partition coefficient (Wildman–Crippen LogP) is 4.33. The Morgan fingerprint density at radius 2 is 1.90 bits per heavy atom. The maximum Gasteiger partial charge on any atom is 0.224 e. The highest BCUT2D eigenvalue weighted by Gasteiger charge is 2.32. The Bertz CT molecular complexity index is 814. The van der Waals surface area contributed by atoms with Gasteiger partial charge >= 0.3 is 0 Å². The average molecular weight is 479 g/mol. The van der Waals surface area contributed by atoms with E-state index in [0.29, 0.717) is 35.1 Å². The fourth-order valence-electron chi connectivity index (χ4n) is 3.94. The molecule has 2 fully saturated rings. The quantitative estimate of drug-likeness (QED) is 0.564. The number of rotatable bonds is 8. The van der Waals surface area contributed by atoms with Crippen LogP contribution in [0.4, 0.5) is 0 Å². The van der Waals surface area contributed by atoms with E-state index < -0.39 is 10.0 Å². The summed E-state index contributed by atoms with van der Waals surface area (Å²) in [6, 6.07) is 4.85. The number of nitrogens with one attached hydrogen (secondary N) is 1. The van der Waals surface area contributed by atoms with Crippen molar-refractivity contribution in [2.45, 2.75) is 49.5 Å². The second-order valence-electron chi connectivity index (χ2n) is 7.77. The topological polar surface area (TPSA) is 66.5 Å². The van der Waals surface area contributed by atoms with Crippen LogP contribution in [0.25, 0.3) is 0 Å². The van der Waals surface area contributed by atoms with Gasteiger partial charge in [-0.2, -0.15) is 11.8 Å². The number of amides is 1. The zero-order valence-electron chi connectivity index (χ0n) is 16.4. The van der Waals surface area contributed by atoms with Crippen molar-refractivity contribution in [3.8, 4) is 0 Å². The number of hydrogen-bond acceptors (Lipinski definition) is 4. The van der Waals surface area contributed by atoms with E-state index in [0.717, 1.165) is 17.4 Å². The first-order valence-corrected chi connectivity index (χ1v) is 13.6. The van der Waals surface area contributed by atoms with Crippen LogP contribution in [-0.4, -0.2) is 49.3 Å². The van der Waals surface area contributed by atoms with Crippen molar-refractivity contribution >= 4 is 50.9 Å². The van der Waals surface area contributed by atoms with Gasteiger partial charge in [-0.3, -0.25) is 4.79 Å². The summed E-state index contributed by atoms with van der Waals surface area (Å²) >= 11 is 13.8. The molecular weight excluding hydrogens is 451 g/mol. The van der Waals surface area contributed by atoms with Crippen molar-refractivity contribution < 1.29 is 13.2 Å². The van der Waals surface area contributed by atoms with Crippen LogP contribution in [0.15, 0.2) is 18.2 Å². The van der Waals surface area contributed by atoms with Crippen molar-refractivity contribution in [2.75, 3.05) is 25.4 Å². The van der Waals surface area contributed by atoms with E-state index in [1.54, 1.807) is 18.2 Å². The third-order valence-electron chi connectivity index (χ3n) is 5.54. The van der Waals surface area contributed by atoms with E-state index in [4.69, 9.17) is 23.2 Å². The Morgan fingerprint density at radius 1 is 1.14 bits per heavy atom. The fraction of sp³-hybridized carbons (Fsp3) is 0.650. The Labute approximate surface area is 187 Å². The number of halogens is 2. The molecule has 1 heterocycles. The molecule has 9 heteroatoms. The highest BCUT2D eigenvalue weighted by molar-refractivity contribution is 7.99. The summed E-state index contributed by atoms with van der Waals surface area (Å²) in [5.41, 5.74) is 0.593. The SMILES string of the molecule is O=C(NCCSC1CCCC1)[C@H]1CCCN(S(=O)(=O)Cc2ccc(Cl)c(Cl)c2)C1. The molecule has 3 rings (SSSR count). The molecule has 0 spiro atoms. The number of nitrogens with zero attached hydrogens (tertiary/aromatic N) is 1. The molecule has 1 N–H and O–H groups in total. The van der Waals surface area contributed by atoms with E-state index in [-0.39, 0.29) is 24.1 Å². The van der Waals surface area contributed by atoms with Crippen molar-refractivity contribution in [2.24, 2.45) is 5.92 Å². The van der Waals surface area contributed by atoms with Gasteiger partial charge in [-0.25, -0.2) is 12.7 Å². The van der Waals surface area contributed by atoms with Gasteiger partial charge in [0.1, 0.15) is 0 Å². The Kier molecular flexibility index (Phi) is 8.57. The number of carbonyl (C=O) groups is 1. The molecule has 1 atom stereocenters. The summed E-state index contributed by atoms with van der Waals surface area (Å²) in [4.78, 5) is 12.5. The second kappa shape index (κ2) is 10.7. The van der Waals surface area contributed by atoms with Gasteiger partial charge in [-0.05, 0) is 43.4 Å². The first kappa shape index (κ1) is 23.2. The molecule has 0 aromatic heterocycles. The number of hydrogen-bond donors (Lipinski definition) is 1. The molecule has 5 nitrogen and oxygen atoms in total. The number of sulfonamides is 1. The van der Waals surface area contributed by atoms with Crippen molar-refractivity contribution in [3.05, 3.63) is 33.8 Å². The molecule has 29 heavy (non-hydrogen) atoms. The van der Waals surface area contributed by atoms with Crippen LogP contribution in [0, 0.1) is 5.92 Å². The number of piperidine rings is 1. The maximum atomic E-state index is 12.8. The minimum absolute atomic E-state index is 0.0357. The lowest BCUT2D eigenvalue weighted by molar-refractivity contribution is -0.125. The van der Waals surface area contributed by atoms with Crippen LogP contribution >= 0.6 is 35.0 Å². The van der Waals surface area contributed by atoms with Gasteiger partial charge in [0.2, 0.25) is 15.9 Å². The van der Waals surface area contributed by atoms with Crippen LogP contribution in [0.5, 0.6) is 0 Å². The fourth-order valence-corrected chi connectivity index (χ4v) is 7.08. The van der Waals surface area contributed by atoms with Crippen LogP contribution in [-0.2, 0) is 20.6 Å². The number of benzene rings is 1. The van der Waals surface area contributed by atoms with Crippen molar-refractivity contribution in [1.82, 2.24) is 9.62 Å². The smallest absolute Gasteiger partial charge is 0.224 e. The van der Waals surface area contributed by atoms with Gasteiger partial charge in [0, 0.05) is 30.6 Å². The molecule has 1 aromatic rings. The van der Waals surface area contributed by atoms with Crippen LogP contribution in [0.3, 0.4) is 0 Å². The van der Waals surface area contributed by atoms with Crippen molar-refractivity contribution in [1.29, 1.82) is 0 Å². The van der Waals surface area contributed by atoms with Crippen LogP contribution in [0.1, 0.15) is 44.1 Å². The third-order valence-corrected chi connectivity index (χ3v) is 9.48. The lowest BCUT2D eigenvalue weighted by atomic mass is 9.99. The normalized spacial score (nSPS) is 21.4. The summed E-state index contributed by atoms with van der Waals surface area (Å²) in [7, 11) is -3.52. The van der Waals surface area contributed by atoms with Gasteiger partial charge in [0.15, 0.2) is 0 Å². The van der Waals surface area contributed by atoms with Gasteiger partial charge < -0.3 is 5.32 Å². The number of thioether (sulfide) groups is 1.